The van der Waals surface area contributed by atoms with Crippen molar-refractivity contribution in [1.29, 1.82) is 0 Å². The van der Waals surface area contributed by atoms with E-state index in [0.717, 1.165) is 38.7 Å². The molecule has 0 aliphatic rings. The van der Waals surface area contributed by atoms with Crippen LogP contribution < -0.4 is 21.7 Å². The maximum atomic E-state index is 11.6. The predicted octanol–water partition coefficient (Wildman–Crippen LogP) is 10.4. The summed E-state index contributed by atoms with van der Waals surface area (Å²) in [6, 6.07) is 52.2. The first-order valence-electron chi connectivity index (χ1n) is 24.0. The zero-order chi connectivity index (χ0) is 56.1. The molecular formula is C59H48N12O9. The number of nitrogens with one attached hydrogen (secondary N) is 4. The van der Waals surface area contributed by atoms with Crippen molar-refractivity contribution in [2.45, 2.75) is 0 Å². The molecule has 0 aliphatic carbocycles. The Morgan fingerprint density at radius 2 is 1.04 bits per heavy atom. The Bertz CT molecular complexity index is 3960. The van der Waals surface area contributed by atoms with Crippen LogP contribution in [-0.4, -0.2) is 86.4 Å². The molecule has 1 amide bonds. The van der Waals surface area contributed by atoms with E-state index in [1.807, 2.05) is 91.0 Å². The molecule has 4 heterocycles. The standard InChI is InChI=1S/2C16H13N3O2.C14H11N3O2.C13H11N3O3/c20-14-7-6-11(9-15(14)21)10-18-19-13-5-1-3-12-4-2-8-17-16(12)13;20-13-7-6-12(15(21)9-13)10-18-19-14-5-1-3-11-4-2-8-17-16(11)14;18-12-7-3-1-5-10(12)9-15-17-14-16-11-6-2-4-8-13(11)19-14;17-11-6-3-4-9(12(11)18)8-15-16-13(19)10-5-1-2-7-14-10/h2*1-10,19-21H;1-9,18H,(H,16,17);1-8,17-18H,(H,16,19)/b2*18-10+;15-9-;15-8+. The summed E-state index contributed by atoms with van der Waals surface area (Å²) in [6.07, 6.45) is 10.7. The average Bonchev–Trinajstić information content (AvgIpc) is 3.90. The summed E-state index contributed by atoms with van der Waals surface area (Å²) in [6.45, 7) is 0. The summed E-state index contributed by atoms with van der Waals surface area (Å²) in [5.74, 6) is -1.18. The number of aromatic nitrogens is 4. The van der Waals surface area contributed by atoms with E-state index in [0.29, 0.717) is 33.9 Å². The van der Waals surface area contributed by atoms with Crippen molar-refractivity contribution in [2.24, 2.45) is 20.4 Å². The van der Waals surface area contributed by atoms with Crippen LogP contribution in [0.2, 0.25) is 0 Å². The third kappa shape index (κ3) is 15.1. The van der Waals surface area contributed by atoms with Gasteiger partial charge in [0.25, 0.3) is 5.91 Å². The van der Waals surface area contributed by atoms with Crippen LogP contribution in [0, 0.1) is 0 Å². The lowest BCUT2D eigenvalue weighted by atomic mass is 10.2. The fourth-order valence-corrected chi connectivity index (χ4v) is 7.04. The molecule has 0 saturated carbocycles. The van der Waals surface area contributed by atoms with Gasteiger partial charge in [0.15, 0.2) is 28.6 Å². The van der Waals surface area contributed by atoms with Crippen LogP contribution in [0.15, 0.2) is 225 Å². The van der Waals surface area contributed by atoms with Crippen molar-refractivity contribution in [3.63, 3.8) is 0 Å². The second-order valence-corrected chi connectivity index (χ2v) is 16.5. The van der Waals surface area contributed by atoms with Gasteiger partial charge in [0.05, 0.1) is 47.3 Å². The second kappa shape index (κ2) is 27.1. The molecule has 0 fully saturated rings. The van der Waals surface area contributed by atoms with Crippen molar-refractivity contribution >= 4 is 81.1 Å². The Hall–Kier alpha value is -11.9. The third-order valence-corrected chi connectivity index (χ3v) is 11.0. The van der Waals surface area contributed by atoms with Crippen LogP contribution in [0.5, 0.6) is 40.2 Å². The van der Waals surface area contributed by atoms with Crippen LogP contribution in [0.1, 0.15) is 32.7 Å². The summed E-state index contributed by atoms with van der Waals surface area (Å²) in [5.41, 5.74) is 17.8. The monoisotopic (exact) mass is 1070 g/mol. The van der Waals surface area contributed by atoms with E-state index >= 15 is 0 Å². The molecule has 0 unspecified atom stereocenters. The third-order valence-electron chi connectivity index (χ3n) is 11.0. The van der Waals surface area contributed by atoms with Crippen molar-refractivity contribution in [3.8, 4) is 40.2 Å². The second-order valence-electron chi connectivity index (χ2n) is 16.5. The molecule has 11 aromatic rings. The van der Waals surface area contributed by atoms with Crippen molar-refractivity contribution < 1.29 is 45.0 Å². The van der Waals surface area contributed by atoms with Crippen LogP contribution >= 0.6 is 0 Å². The van der Waals surface area contributed by atoms with E-state index in [9.17, 15) is 40.5 Å². The number of phenols is 7. The molecule has 7 aromatic carbocycles. The molecule has 21 heteroatoms. The number of carbonyl (C=O) groups excluding carboxylic acids is 1. The summed E-state index contributed by atoms with van der Waals surface area (Å²) in [7, 11) is 0. The predicted molar refractivity (Wildman–Crippen MR) is 308 cm³/mol. The number of phenolic OH excluding ortho intramolecular Hbond substituents is 7. The number of nitrogens with zero attached hydrogens (tertiary/aromatic N) is 8. The molecule has 21 nitrogen and oxygen atoms in total. The molecule has 4 aromatic heterocycles. The number of hydrazone groups is 4. The fourth-order valence-electron chi connectivity index (χ4n) is 7.04. The minimum atomic E-state index is -0.462. The molecular weight excluding hydrogens is 1020 g/mol. The minimum absolute atomic E-state index is 0.0101. The van der Waals surface area contributed by atoms with Crippen LogP contribution in [0.25, 0.3) is 32.9 Å². The number of para-hydroxylation sites is 6. The number of amides is 1. The summed E-state index contributed by atoms with van der Waals surface area (Å²) in [4.78, 5) is 28.3. The minimum Gasteiger partial charge on any atom is -0.508 e. The van der Waals surface area contributed by atoms with Crippen LogP contribution in [0.4, 0.5) is 17.4 Å². The zero-order valence-corrected chi connectivity index (χ0v) is 41.9. The molecule has 11 N–H and O–H groups in total. The quantitative estimate of drug-likeness (QED) is 0.0308. The van der Waals surface area contributed by atoms with Gasteiger partial charge in [-0.05, 0) is 109 Å². The first-order chi connectivity index (χ1) is 39.0. The topological polar surface area (TPSA) is 321 Å². The number of pyridine rings is 3. The van der Waals surface area contributed by atoms with Gasteiger partial charge in [0.1, 0.15) is 28.5 Å². The van der Waals surface area contributed by atoms with Gasteiger partial charge in [0, 0.05) is 52.1 Å². The van der Waals surface area contributed by atoms with Gasteiger partial charge in [0.2, 0.25) is 0 Å². The van der Waals surface area contributed by atoms with Gasteiger partial charge < -0.3 is 40.2 Å². The molecule has 0 radical (unpaired) electrons. The highest BCUT2D eigenvalue weighted by atomic mass is 16.4. The SMILES string of the molecule is O=C(N/N=C/c1cccc(O)c1O)c1ccccn1.Oc1ccc(/C=N/Nc2cccc3cccnc23)c(O)c1.Oc1ccc(/C=N/Nc2cccc3cccnc23)cc1O.Oc1ccccc1/C=N\Nc1nc2ccccc2o1. The van der Waals surface area contributed by atoms with Crippen LogP contribution in [0.3, 0.4) is 0 Å². The van der Waals surface area contributed by atoms with Crippen molar-refractivity contribution in [2.75, 3.05) is 16.3 Å². The summed E-state index contributed by atoms with van der Waals surface area (Å²) < 4.78 is 5.44. The highest BCUT2D eigenvalue weighted by Crippen LogP contribution is 2.28. The van der Waals surface area contributed by atoms with Crippen molar-refractivity contribution in [3.05, 3.63) is 229 Å². The van der Waals surface area contributed by atoms with Crippen LogP contribution in [-0.2, 0) is 0 Å². The molecule has 398 valence electrons. The smallest absolute Gasteiger partial charge is 0.316 e. The van der Waals surface area contributed by atoms with E-state index in [-0.39, 0.29) is 45.9 Å². The maximum Gasteiger partial charge on any atom is 0.316 e. The van der Waals surface area contributed by atoms with E-state index in [2.05, 4.69) is 62.0 Å². The Labute approximate surface area is 455 Å². The van der Waals surface area contributed by atoms with Gasteiger partial charge >= 0.3 is 6.01 Å². The molecule has 11 rings (SSSR count). The number of hydrogen-bond donors (Lipinski definition) is 11. The molecule has 0 aliphatic heterocycles. The van der Waals surface area contributed by atoms with Crippen molar-refractivity contribution in [1.82, 2.24) is 25.4 Å². The Kier molecular flexibility index (Phi) is 18.4. The number of carbonyl (C=O) groups is 1. The van der Waals surface area contributed by atoms with Gasteiger partial charge in [-0.25, -0.2) is 10.9 Å². The Balaban J connectivity index is 0.000000140. The summed E-state index contributed by atoms with van der Waals surface area (Å²) >= 11 is 0. The molecule has 0 bridgehead atoms. The maximum absolute atomic E-state index is 11.6. The number of aromatic hydroxyl groups is 7. The molecule has 0 spiro atoms. The molecule has 80 heavy (non-hydrogen) atoms. The number of hydrogen-bond acceptors (Lipinski definition) is 20. The van der Waals surface area contributed by atoms with E-state index in [1.54, 1.807) is 79.3 Å². The highest BCUT2D eigenvalue weighted by molar-refractivity contribution is 5.94. The lowest BCUT2D eigenvalue weighted by molar-refractivity contribution is 0.0950. The van der Waals surface area contributed by atoms with E-state index < -0.39 is 5.91 Å². The lowest BCUT2D eigenvalue weighted by Crippen LogP contribution is -2.18. The van der Waals surface area contributed by atoms with Gasteiger partial charge in [-0.15, -0.1) is 0 Å². The largest absolute Gasteiger partial charge is 0.508 e. The number of oxazole rings is 1. The fraction of sp³-hybridized carbons (Fsp3) is 0. The van der Waals surface area contributed by atoms with Gasteiger partial charge in [-0.3, -0.25) is 30.6 Å². The Morgan fingerprint density at radius 3 is 1.71 bits per heavy atom. The first-order valence-corrected chi connectivity index (χ1v) is 24.0. The number of fused-ring (bicyclic) bond motifs is 3. The Morgan fingerprint density at radius 1 is 0.450 bits per heavy atom. The van der Waals surface area contributed by atoms with Gasteiger partial charge in [-0.2, -0.15) is 25.4 Å². The summed E-state index contributed by atoms with van der Waals surface area (Å²) in [5, 5.41) is 83.8. The number of rotatable bonds is 12. The number of anilines is 3. The van der Waals surface area contributed by atoms with Gasteiger partial charge in [-0.1, -0.05) is 72.8 Å². The lowest BCUT2D eigenvalue weighted by Gasteiger charge is -2.04. The zero-order valence-electron chi connectivity index (χ0n) is 41.9. The normalized spacial score (nSPS) is 10.9. The molecule has 0 atom stereocenters. The van der Waals surface area contributed by atoms with E-state index in [4.69, 9.17) is 4.42 Å². The first kappa shape index (κ1) is 54.4. The average molecular weight is 1070 g/mol. The molecule has 0 saturated heterocycles. The van der Waals surface area contributed by atoms with E-state index in [1.165, 1.54) is 55.2 Å². The highest BCUT2D eigenvalue weighted by Gasteiger charge is 2.08. The number of benzene rings is 7.